The van der Waals surface area contributed by atoms with Gasteiger partial charge in [-0.3, -0.25) is 4.90 Å². The molecule has 0 bridgehead atoms. The summed E-state index contributed by atoms with van der Waals surface area (Å²) in [4.78, 5) is 2.43. The molecule has 1 aliphatic heterocycles. The van der Waals surface area contributed by atoms with E-state index in [-0.39, 0.29) is 0 Å². The molecule has 0 amide bonds. The van der Waals surface area contributed by atoms with Crippen LogP contribution < -0.4 is 0 Å². The van der Waals surface area contributed by atoms with E-state index < -0.39 is 0 Å². The molecule has 1 fully saturated rings. The predicted octanol–water partition coefficient (Wildman–Crippen LogP) is 2.95. The first-order chi connectivity index (χ1) is 7.66. The maximum absolute atomic E-state index is 6.17. The van der Waals surface area contributed by atoms with E-state index in [4.69, 9.17) is 16.3 Å². The highest BCUT2D eigenvalue weighted by atomic mass is 35.5. The second-order valence-electron chi connectivity index (χ2n) is 4.51. The number of nitrogens with zero attached hydrogens (tertiary/aromatic N) is 1. The molecular weight excluding hydrogens is 222 g/mol. The zero-order chi connectivity index (χ0) is 11.5. The molecule has 1 heterocycles. The lowest BCUT2D eigenvalue weighted by Gasteiger charge is -2.36. The highest BCUT2D eigenvalue weighted by Crippen LogP contribution is 2.20. The monoisotopic (exact) mass is 239 g/mol. The molecule has 0 radical (unpaired) electrons. The highest BCUT2D eigenvalue weighted by Gasteiger charge is 2.23. The lowest BCUT2D eigenvalue weighted by atomic mass is 10.1. The van der Waals surface area contributed by atoms with E-state index in [1.54, 1.807) is 0 Å². The smallest absolute Gasteiger partial charge is 0.0674 e. The third-order valence-corrected chi connectivity index (χ3v) is 3.44. The maximum Gasteiger partial charge on any atom is 0.0674 e. The van der Waals surface area contributed by atoms with Crippen molar-refractivity contribution in [3.05, 3.63) is 34.9 Å². The number of morpholine rings is 1. The Bertz CT molecular complexity index is 356. The van der Waals surface area contributed by atoms with E-state index in [9.17, 15) is 0 Å². The average Bonchev–Trinajstić information content (AvgIpc) is 2.27. The van der Waals surface area contributed by atoms with Crippen LogP contribution in [-0.2, 0) is 11.3 Å². The van der Waals surface area contributed by atoms with E-state index in [1.807, 2.05) is 18.2 Å². The molecule has 2 rings (SSSR count). The highest BCUT2D eigenvalue weighted by molar-refractivity contribution is 6.31. The minimum absolute atomic E-state index is 0.318. The van der Waals surface area contributed by atoms with Crippen LogP contribution in [0.1, 0.15) is 19.4 Å². The van der Waals surface area contributed by atoms with E-state index >= 15 is 0 Å². The van der Waals surface area contributed by atoms with Crippen molar-refractivity contribution in [1.82, 2.24) is 4.90 Å². The van der Waals surface area contributed by atoms with E-state index in [1.165, 1.54) is 5.56 Å². The van der Waals surface area contributed by atoms with Gasteiger partial charge in [-0.05, 0) is 25.5 Å². The van der Waals surface area contributed by atoms with Gasteiger partial charge in [0.15, 0.2) is 0 Å². The quantitative estimate of drug-likeness (QED) is 0.787. The molecule has 1 aromatic carbocycles. The van der Waals surface area contributed by atoms with Gasteiger partial charge in [0.25, 0.3) is 0 Å². The Morgan fingerprint density at radius 2 is 2.12 bits per heavy atom. The molecular formula is C13H18ClNO. The van der Waals surface area contributed by atoms with E-state index in [0.717, 1.165) is 24.7 Å². The lowest BCUT2D eigenvalue weighted by Crippen LogP contribution is -2.46. The second-order valence-corrected chi connectivity index (χ2v) is 4.92. The summed E-state index contributed by atoms with van der Waals surface area (Å²) in [5, 5.41) is 0.855. The van der Waals surface area contributed by atoms with Crippen LogP contribution >= 0.6 is 11.6 Å². The molecule has 88 valence electrons. The number of hydrogen-bond acceptors (Lipinski definition) is 2. The van der Waals surface area contributed by atoms with Crippen molar-refractivity contribution in [2.45, 2.75) is 32.5 Å². The van der Waals surface area contributed by atoms with Crippen molar-refractivity contribution in [2.24, 2.45) is 0 Å². The summed E-state index contributed by atoms with van der Waals surface area (Å²) in [7, 11) is 0. The van der Waals surface area contributed by atoms with Crippen LogP contribution in [0.3, 0.4) is 0 Å². The summed E-state index contributed by atoms with van der Waals surface area (Å²) in [5.41, 5.74) is 1.20. The molecule has 2 unspecified atom stereocenters. The molecule has 1 aliphatic rings. The number of hydrogen-bond donors (Lipinski definition) is 0. The lowest BCUT2D eigenvalue weighted by molar-refractivity contribution is -0.0526. The minimum Gasteiger partial charge on any atom is -0.376 e. The second kappa shape index (κ2) is 5.17. The normalized spacial score (nSPS) is 26.9. The molecule has 0 N–H and O–H groups in total. The van der Waals surface area contributed by atoms with Crippen LogP contribution in [0, 0.1) is 0 Å². The number of benzene rings is 1. The maximum atomic E-state index is 6.17. The first kappa shape index (κ1) is 11.9. The SMILES string of the molecule is CC1CN(Cc2ccccc2Cl)C(C)CO1. The fourth-order valence-electron chi connectivity index (χ4n) is 2.04. The van der Waals surface area contributed by atoms with Crippen LogP contribution in [-0.4, -0.2) is 30.2 Å². The van der Waals surface area contributed by atoms with Gasteiger partial charge in [0.1, 0.15) is 0 Å². The first-order valence-corrected chi connectivity index (χ1v) is 6.13. The summed E-state index contributed by atoms with van der Waals surface area (Å²) < 4.78 is 5.61. The third-order valence-electron chi connectivity index (χ3n) is 3.07. The van der Waals surface area contributed by atoms with Crippen LogP contribution in [0.25, 0.3) is 0 Å². The van der Waals surface area contributed by atoms with Crippen LogP contribution in [0.2, 0.25) is 5.02 Å². The Morgan fingerprint density at radius 1 is 1.38 bits per heavy atom. The predicted molar refractivity (Wildman–Crippen MR) is 66.7 cm³/mol. The van der Waals surface area contributed by atoms with Gasteiger partial charge in [-0.1, -0.05) is 29.8 Å². The molecule has 2 nitrogen and oxygen atoms in total. The Balaban J connectivity index is 2.06. The Hall–Kier alpha value is -0.570. The summed E-state index contributed by atoms with van der Waals surface area (Å²) in [5.74, 6) is 0. The Kier molecular flexibility index (Phi) is 3.85. The van der Waals surface area contributed by atoms with Crippen molar-refractivity contribution in [1.29, 1.82) is 0 Å². The zero-order valence-electron chi connectivity index (χ0n) is 9.82. The zero-order valence-corrected chi connectivity index (χ0v) is 10.6. The Labute approximate surface area is 102 Å². The first-order valence-electron chi connectivity index (χ1n) is 5.76. The van der Waals surface area contributed by atoms with Gasteiger partial charge in [-0.25, -0.2) is 0 Å². The summed E-state index contributed by atoms with van der Waals surface area (Å²) in [6, 6.07) is 8.51. The van der Waals surface area contributed by atoms with Crippen molar-refractivity contribution < 1.29 is 4.74 Å². The molecule has 3 heteroatoms. The topological polar surface area (TPSA) is 12.5 Å². The molecule has 0 spiro atoms. The third kappa shape index (κ3) is 2.76. The van der Waals surface area contributed by atoms with Crippen molar-refractivity contribution >= 4 is 11.6 Å². The van der Waals surface area contributed by atoms with Crippen LogP contribution in [0.15, 0.2) is 24.3 Å². The van der Waals surface area contributed by atoms with Gasteiger partial charge in [-0.2, -0.15) is 0 Å². The van der Waals surface area contributed by atoms with Gasteiger partial charge in [0.05, 0.1) is 12.7 Å². The average molecular weight is 240 g/mol. The molecule has 0 aromatic heterocycles. The van der Waals surface area contributed by atoms with Crippen molar-refractivity contribution in [2.75, 3.05) is 13.2 Å². The number of rotatable bonds is 2. The van der Waals surface area contributed by atoms with Crippen molar-refractivity contribution in [3.63, 3.8) is 0 Å². The van der Waals surface area contributed by atoms with Crippen molar-refractivity contribution in [3.8, 4) is 0 Å². The number of halogens is 1. The summed E-state index contributed by atoms with van der Waals surface area (Å²) in [6.45, 7) is 7.01. The molecule has 2 atom stereocenters. The van der Waals surface area contributed by atoms with Crippen LogP contribution in [0.5, 0.6) is 0 Å². The molecule has 0 aliphatic carbocycles. The van der Waals surface area contributed by atoms with Gasteiger partial charge in [-0.15, -0.1) is 0 Å². The summed E-state index contributed by atoms with van der Waals surface area (Å²) in [6.07, 6.45) is 0.318. The van der Waals surface area contributed by atoms with Gasteiger partial charge in [0.2, 0.25) is 0 Å². The van der Waals surface area contributed by atoms with Crippen LogP contribution in [0.4, 0.5) is 0 Å². The van der Waals surface area contributed by atoms with Gasteiger partial charge < -0.3 is 4.74 Å². The van der Waals surface area contributed by atoms with E-state index in [0.29, 0.717) is 12.1 Å². The molecule has 0 saturated carbocycles. The number of ether oxygens (including phenoxy) is 1. The molecule has 16 heavy (non-hydrogen) atoms. The molecule has 1 aromatic rings. The minimum atomic E-state index is 0.318. The van der Waals surface area contributed by atoms with Gasteiger partial charge >= 0.3 is 0 Å². The van der Waals surface area contributed by atoms with Gasteiger partial charge in [0, 0.05) is 24.2 Å². The Morgan fingerprint density at radius 3 is 2.88 bits per heavy atom. The largest absolute Gasteiger partial charge is 0.376 e. The molecule has 1 saturated heterocycles. The summed E-state index contributed by atoms with van der Waals surface area (Å²) >= 11 is 6.17. The fraction of sp³-hybridized carbons (Fsp3) is 0.538. The fourth-order valence-corrected chi connectivity index (χ4v) is 2.23. The van der Waals surface area contributed by atoms with E-state index in [2.05, 4.69) is 24.8 Å². The standard InChI is InChI=1S/C13H18ClNO/c1-10-9-16-11(2)7-15(10)8-12-5-3-4-6-13(12)14/h3-6,10-11H,7-9H2,1-2H3.